The summed E-state index contributed by atoms with van der Waals surface area (Å²) in [4.78, 5) is 0. The van der Waals surface area contributed by atoms with Crippen LogP contribution in [0.1, 0.15) is 38.0 Å². The minimum Gasteiger partial charge on any atom is -0.496 e. The third-order valence-corrected chi connectivity index (χ3v) is 3.19. The average molecular weight is 267 g/mol. The summed E-state index contributed by atoms with van der Waals surface area (Å²) < 4.78 is 5.29. The average Bonchev–Trinajstić information content (AvgIpc) is 2.37. The van der Waals surface area contributed by atoms with Gasteiger partial charge in [-0.05, 0) is 39.8 Å². The van der Waals surface area contributed by atoms with Crippen LogP contribution in [0.15, 0.2) is 18.2 Å². The molecule has 0 saturated heterocycles. The lowest BCUT2D eigenvalue weighted by molar-refractivity contribution is 0.0971. The van der Waals surface area contributed by atoms with Crippen LogP contribution in [0.25, 0.3) is 0 Å². The fraction of sp³-hybridized carbons (Fsp3) is 0.600. The van der Waals surface area contributed by atoms with Gasteiger partial charge in [-0.1, -0.05) is 11.6 Å². The number of benzene rings is 1. The summed E-state index contributed by atoms with van der Waals surface area (Å²) in [5.41, 5.74) is 1.40. The molecule has 4 heteroatoms. The number of hydrogen-bond donors (Lipinski definition) is 3. The first-order chi connectivity index (χ1) is 8.80. The Labute approximate surface area is 115 Å². The van der Waals surface area contributed by atoms with E-state index >= 15 is 0 Å². The van der Waals surface area contributed by atoms with E-state index in [0.29, 0.717) is 5.75 Å². The molecule has 4 nitrogen and oxygen atoms in total. The summed E-state index contributed by atoms with van der Waals surface area (Å²) in [6, 6.07) is 5.54. The molecule has 0 spiro atoms. The highest BCUT2D eigenvalue weighted by Gasteiger charge is 2.26. The molecule has 0 aromatic heterocycles. The van der Waals surface area contributed by atoms with Crippen molar-refractivity contribution in [3.63, 3.8) is 0 Å². The number of hydrogen-bond acceptors (Lipinski definition) is 4. The Hall–Kier alpha value is -1.10. The van der Waals surface area contributed by atoms with Gasteiger partial charge in [0.25, 0.3) is 0 Å². The van der Waals surface area contributed by atoms with Crippen LogP contribution in [-0.2, 0) is 0 Å². The topological polar surface area (TPSA) is 61.7 Å². The largest absolute Gasteiger partial charge is 0.496 e. The predicted molar refractivity (Wildman–Crippen MR) is 76.5 cm³/mol. The van der Waals surface area contributed by atoms with Crippen molar-refractivity contribution in [2.75, 3.05) is 13.7 Å². The summed E-state index contributed by atoms with van der Waals surface area (Å²) in [5.74, 6) is 0.675. The SMILES string of the molecule is COc1ccc(C)cc1C(O)C(C)NC(C)(C)CO. The maximum Gasteiger partial charge on any atom is 0.124 e. The van der Waals surface area contributed by atoms with Gasteiger partial charge in [0, 0.05) is 17.1 Å². The van der Waals surface area contributed by atoms with E-state index in [9.17, 15) is 10.2 Å². The van der Waals surface area contributed by atoms with E-state index < -0.39 is 11.6 Å². The zero-order valence-corrected chi connectivity index (χ0v) is 12.4. The molecule has 19 heavy (non-hydrogen) atoms. The van der Waals surface area contributed by atoms with Gasteiger partial charge >= 0.3 is 0 Å². The molecule has 0 aliphatic carbocycles. The smallest absolute Gasteiger partial charge is 0.124 e. The molecule has 3 N–H and O–H groups in total. The van der Waals surface area contributed by atoms with Gasteiger partial charge in [-0.25, -0.2) is 0 Å². The Bertz CT molecular complexity index is 418. The highest BCUT2D eigenvalue weighted by molar-refractivity contribution is 5.39. The molecule has 2 atom stereocenters. The van der Waals surface area contributed by atoms with Gasteiger partial charge in [0.2, 0.25) is 0 Å². The second kappa shape index (κ2) is 6.37. The van der Waals surface area contributed by atoms with Crippen LogP contribution in [0.4, 0.5) is 0 Å². The van der Waals surface area contributed by atoms with Crippen molar-refractivity contribution in [3.05, 3.63) is 29.3 Å². The number of aliphatic hydroxyl groups excluding tert-OH is 2. The van der Waals surface area contributed by atoms with Gasteiger partial charge in [0.1, 0.15) is 5.75 Å². The predicted octanol–water partition coefficient (Wildman–Crippen LogP) is 1.79. The van der Waals surface area contributed by atoms with Gasteiger partial charge in [-0.2, -0.15) is 0 Å². The zero-order chi connectivity index (χ0) is 14.6. The Kier molecular flexibility index (Phi) is 5.35. The summed E-state index contributed by atoms with van der Waals surface area (Å²) in [5, 5.41) is 23.0. The molecular weight excluding hydrogens is 242 g/mol. The van der Waals surface area contributed by atoms with E-state index in [1.807, 2.05) is 45.9 Å². The minimum absolute atomic E-state index is 0.00894. The zero-order valence-electron chi connectivity index (χ0n) is 12.4. The third kappa shape index (κ3) is 4.20. The lowest BCUT2D eigenvalue weighted by Gasteiger charge is -2.31. The lowest BCUT2D eigenvalue weighted by atomic mass is 9.97. The van der Waals surface area contributed by atoms with Crippen molar-refractivity contribution in [1.82, 2.24) is 5.32 Å². The number of nitrogens with one attached hydrogen (secondary N) is 1. The third-order valence-electron chi connectivity index (χ3n) is 3.19. The molecule has 0 aliphatic rings. The van der Waals surface area contributed by atoms with E-state index in [1.165, 1.54) is 0 Å². The Morgan fingerprint density at radius 3 is 2.53 bits per heavy atom. The molecule has 0 fully saturated rings. The molecule has 0 aliphatic heterocycles. The molecule has 0 amide bonds. The van der Waals surface area contributed by atoms with Crippen LogP contribution in [0.2, 0.25) is 0 Å². The van der Waals surface area contributed by atoms with Crippen molar-refractivity contribution in [2.45, 2.75) is 45.4 Å². The molecule has 0 bridgehead atoms. The molecule has 0 radical (unpaired) electrons. The van der Waals surface area contributed by atoms with Crippen molar-refractivity contribution in [1.29, 1.82) is 0 Å². The van der Waals surface area contributed by atoms with Crippen molar-refractivity contribution in [2.24, 2.45) is 0 Å². The van der Waals surface area contributed by atoms with Crippen molar-refractivity contribution in [3.8, 4) is 5.75 Å². The Morgan fingerprint density at radius 2 is 2.00 bits per heavy atom. The second-order valence-electron chi connectivity index (χ2n) is 5.67. The lowest BCUT2D eigenvalue weighted by Crippen LogP contribution is -2.49. The van der Waals surface area contributed by atoms with Gasteiger partial charge in [0.15, 0.2) is 0 Å². The van der Waals surface area contributed by atoms with Crippen LogP contribution in [0.3, 0.4) is 0 Å². The first-order valence-corrected chi connectivity index (χ1v) is 6.52. The molecule has 1 aromatic carbocycles. The molecule has 1 rings (SSSR count). The molecule has 108 valence electrons. The van der Waals surface area contributed by atoms with Crippen LogP contribution in [0.5, 0.6) is 5.75 Å². The van der Waals surface area contributed by atoms with Crippen LogP contribution < -0.4 is 10.1 Å². The number of methoxy groups -OCH3 is 1. The van der Waals surface area contributed by atoms with Crippen LogP contribution in [-0.4, -0.2) is 35.5 Å². The highest BCUT2D eigenvalue weighted by atomic mass is 16.5. The molecule has 0 saturated carbocycles. The number of ether oxygens (including phenoxy) is 1. The van der Waals surface area contributed by atoms with E-state index in [0.717, 1.165) is 11.1 Å². The van der Waals surface area contributed by atoms with Gasteiger partial charge in [-0.3, -0.25) is 0 Å². The van der Waals surface area contributed by atoms with Gasteiger partial charge < -0.3 is 20.3 Å². The van der Waals surface area contributed by atoms with Crippen molar-refractivity contribution >= 4 is 0 Å². The maximum atomic E-state index is 10.5. The summed E-state index contributed by atoms with van der Waals surface area (Å²) in [6.07, 6.45) is -0.694. The molecule has 0 heterocycles. The minimum atomic E-state index is -0.694. The first-order valence-electron chi connectivity index (χ1n) is 6.52. The normalized spacial score (nSPS) is 15.1. The fourth-order valence-corrected chi connectivity index (χ4v) is 2.10. The van der Waals surface area contributed by atoms with Crippen LogP contribution in [0, 0.1) is 6.92 Å². The highest BCUT2D eigenvalue weighted by Crippen LogP contribution is 2.28. The first kappa shape index (κ1) is 16.0. The Balaban J connectivity index is 2.93. The fourth-order valence-electron chi connectivity index (χ4n) is 2.10. The number of aryl methyl sites for hydroxylation is 1. The van der Waals surface area contributed by atoms with Crippen LogP contribution >= 0.6 is 0 Å². The van der Waals surface area contributed by atoms with E-state index in [1.54, 1.807) is 7.11 Å². The second-order valence-corrected chi connectivity index (χ2v) is 5.67. The molecule has 1 aromatic rings. The summed E-state index contributed by atoms with van der Waals surface area (Å²) in [6.45, 7) is 7.66. The molecular formula is C15H25NO3. The quantitative estimate of drug-likeness (QED) is 0.735. The summed E-state index contributed by atoms with van der Waals surface area (Å²) >= 11 is 0. The monoisotopic (exact) mass is 267 g/mol. The molecule has 2 unspecified atom stereocenters. The standard InChI is InChI=1S/C15H25NO3/c1-10-6-7-13(19-5)12(8-10)14(18)11(2)16-15(3,4)9-17/h6-8,11,14,16-18H,9H2,1-5H3. The van der Waals surface area contributed by atoms with Gasteiger partial charge in [0.05, 0.1) is 19.8 Å². The number of aliphatic hydroxyl groups is 2. The van der Waals surface area contributed by atoms with E-state index in [-0.39, 0.29) is 12.6 Å². The Morgan fingerprint density at radius 1 is 1.37 bits per heavy atom. The number of rotatable bonds is 6. The van der Waals surface area contributed by atoms with E-state index in [4.69, 9.17) is 4.74 Å². The van der Waals surface area contributed by atoms with Gasteiger partial charge in [-0.15, -0.1) is 0 Å². The maximum absolute atomic E-state index is 10.5. The van der Waals surface area contributed by atoms with Crippen molar-refractivity contribution < 1.29 is 14.9 Å². The van der Waals surface area contributed by atoms with E-state index in [2.05, 4.69) is 5.32 Å². The summed E-state index contributed by atoms with van der Waals surface area (Å²) in [7, 11) is 1.59.